The van der Waals surface area contributed by atoms with Gasteiger partial charge in [0.15, 0.2) is 0 Å². The molecule has 0 saturated heterocycles. The molecule has 0 aliphatic rings. The van der Waals surface area contributed by atoms with E-state index in [1.807, 2.05) is 12.1 Å². The Hall–Kier alpha value is -1.42. The van der Waals surface area contributed by atoms with Gasteiger partial charge in [0.05, 0.1) is 17.2 Å². The zero-order valence-electron chi connectivity index (χ0n) is 8.53. The highest BCUT2D eigenvalue weighted by molar-refractivity contribution is 7.80. The van der Waals surface area contributed by atoms with E-state index in [9.17, 15) is 4.79 Å². The van der Waals surface area contributed by atoms with E-state index in [-0.39, 0.29) is 5.97 Å². The van der Waals surface area contributed by atoms with Crippen LogP contribution in [-0.4, -0.2) is 17.6 Å². The fourth-order valence-corrected chi connectivity index (χ4v) is 1.43. The lowest BCUT2D eigenvalue weighted by Crippen LogP contribution is -2.15. The molecule has 0 saturated carbocycles. The number of benzene rings is 1. The minimum absolute atomic E-state index is 0.329. The van der Waals surface area contributed by atoms with Gasteiger partial charge in [-0.1, -0.05) is 30.4 Å². The SMILES string of the molecule is CCOC(=O)c1ccccc1CC(N)=S. The Labute approximate surface area is 94.2 Å². The second-order valence-electron chi connectivity index (χ2n) is 3.02. The Bertz CT molecular complexity index is 377. The molecule has 0 spiro atoms. The van der Waals surface area contributed by atoms with Crippen molar-refractivity contribution in [2.75, 3.05) is 6.61 Å². The van der Waals surface area contributed by atoms with Crippen molar-refractivity contribution in [3.05, 3.63) is 35.4 Å². The molecule has 80 valence electrons. The van der Waals surface area contributed by atoms with Crippen molar-refractivity contribution in [1.82, 2.24) is 0 Å². The first-order valence-corrected chi connectivity index (χ1v) is 5.09. The Balaban J connectivity index is 2.95. The molecule has 0 unspecified atom stereocenters. The summed E-state index contributed by atoms with van der Waals surface area (Å²) in [5.41, 5.74) is 6.79. The third-order valence-electron chi connectivity index (χ3n) is 1.88. The Morgan fingerprint density at radius 1 is 1.47 bits per heavy atom. The van der Waals surface area contributed by atoms with Crippen LogP contribution in [0.1, 0.15) is 22.8 Å². The van der Waals surface area contributed by atoms with Crippen LogP contribution in [0.4, 0.5) is 0 Å². The zero-order valence-corrected chi connectivity index (χ0v) is 9.34. The van der Waals surface area contributed by atoms with Crippen molar-refractivity contribution in [3.63, 3.8) is 0 Å². The molecule has 4 heteroatoms. The molecule has 0 fully saturated rings. The van der Waals surface area contributed by atoms with Gasteiger partial charge in [0, 0.05) is 6.42 Å². The molecule has 0 bridgehead atoms. The van der Waals surface area contributed by atoms with Gasteiger partial charge in [0.2, 0.25) is 0 Å². The van der Waals surface area contributed by atoms with Gasteiger partial charge in [0.25, 0.3) is 0 Å². The monoisotopic (exact) mass is 223 g/mol. The molecule has 1 aromatic rings. The van der Waals surface area contributed by atoms with Crippen molar-refractivity contribution < 1.29 is 9.53 Å². The van der Waals surface area contributed by atoms with Gasteiger partial charge in [0.1, 0.15) is 0 Å². The van der Waals surface area contributed by atoms with Crippen LogP contribution in [0.5, 0.6) is 0 Å². The van der Waals surface area contributed by atoms with E-state index >= 15 is 0 Å². The van der Waals surface area contributed by atoms with Crippen LogP contribution >= 0.6 is 12.2 Å². The summed E-state index contributed by atoms with van der Waals surface area (Å²) in [6.45, 7) is 2.13. The highest BCUT2D eigenvalue weighted by Crippen LogP contribution is 2.11. The molecule has 0 amide bonds. The Morgan fingerprint density at radius 2 is 2.13 bits per heavy atom. The molecule has 0 aliphatic heterocycles. The lowest BCUT2D eigenvalue weighted by Gasteiger charge is -2.07. The number of nitrogens with two attached hydrogens (primary N) is 1. The maximum Gasteiger partial charge on any atom is 0.338 e. The largest absolute Gasteiger partial charge is 0.462 e. The predicted molar refractivity (Wildman–Crippen MR) is 62.9 cm³/mol. The van der Waals surface area contributed by atoms with Crippen LogP contribution in [0.25, 0.3) is 0 Å². The summed E-state index contributed by atoms with van der Waals surface area (Å²) in [5.74, 6) is -0.329. The van der Waals surface area contributed by atoms with Gasteiger partial charge >= 0.3 is 5.97 Å². The number of hydrogen-bond donors (Lipinski definition) is 1. The van der Waals surface area contributed by atoms with Gasteiger partial charge in [-0.15, -0.1) is 0 Å². The van der Waals surface area contributed by atoms with Crippen molar-refractivity contribution in [1.29, 1.82) is 0 Å². The van der Waals surface area contributed by atoms with E-state index < -0.39 is 0 Å². The van der Waals surface area contributed by atoms with Crippen molar-refractivity contribution in [2.24, 2.45) is 5.73 Å². The lowest BCUT2D eigenvalue weighted by molar-refractivity contribution is 0.0525. The van der Waals surface area contributed by atoms with E-state index in [2.05, 4.69) is 0 Å². The Morgan fingerprint density at radius 3 is 2.73 bits per heavy atom. The van der Waals surface area contributed by atoms with Crippen molar-refractivity contribution >= 4 is 23.2 Å². The molecule has 2 N–H and O–H groups in total. The molecule has 0 atom stereocenters. The van der Waals surface area contributed by atoms with Gasteiger partial charge in [-0.2, -0.15) is 0 Å². The first-order valence-electron chi connectivity index (χ1n) is 4.68. The number of thiocarbonyl (C=S) groups is 1. The quantitative estimate of drug-likeness (QED) is 0.623. The highest BCUT2D eigenvalue weighted by Gasteiger charge is 2.11. The summed E-state index contributed by atoms with van der Waals surface area (Å²) >= 11 is 4.81. The second kappa shape index (κ2) is 5.46. The third kappa shape index (κ3) is 3.32. The molecule has 0 aromatic heterocycles. The van der Waals surface area contributed by atoms with Crippen LogP contribution in [0, 0.1) is 0 Å². The topological polar surface area (TPSA) is 52.3 Å². The van der Waals surface area contributed by atoms with Gasteiger partial charge in [-0.05, 0) is 18.6 Å². The third-order valence-corrected chi connectivity index (χ3v) is 2.02. The molecule has 0 radical (unpaired) electrons. The van der Waals surface area contributed by atoms with Gasteiger partial charge < -0.3 is 10.5 Å². The van der Waals surface area contributed by atoms with Crippen LogP contribution in [0.3, 0.4) is 0 Å². The molecule has 1 aromatic carbocycles. The van der Waals surface area contributed by atoms with Crippen LogP contribution < -0.4 is 5.73 Å². The van der Waals surface area contributed by atoms with Crippen LogP contribution in [-0.2, 0) is 11.2 Å². The summed E-state index contributed by atoms with van der Waals surface area (Å²) in [6.07, 6.45) is 0.421. The fraction of sp³-hybridized carbons (Fsp3) is 0.273. The first kappa shape index (κ1) is 11.7. The van der Waals surface area contributed by atoms with E-state index in [1.165, 1.54) is 0 Å². The predicted octanol–water partition coefficient (Wildman–Crippen LogP) is 1.69. The molecule has 3 nitrogen and oxygen atoms in total. The standard InChI is InChI=1S/C11H13NO2S/c1-2-14-11(13)9-6-4-3-5-8(9)7-10(12)15/h3-6H,2,7H2,1H3,(H2,12,15). The maximum atomic E-state index is 11.5. The number of carbonyl (C=O) groups excluding carboxylic acids is 1. The average Bonchev–Trinajstić information content (AvgIpc) is 2.18. The number of esters is 1. The van der Waals surface area contributed by atoms with E-state index in [4.69, 9.17) is 22.7 Å². The lowest BCUT2D eigenvalue weighted by atomic mass is 10.0. The molecular weight excluding hydrogens is 210 g/mol. The van der Waals surface area contributed by atoms with Crippen LogP contribution in [0.2, 0.25) is 0 Å². The zero-order chi connectivity index (χ0) is 11.3. The van der Waals surface area contributed by atoms with Crippen molar-refractivity contribution in [2.45, 2.75) is 13.3 Å². The number of hydrogen-bond acceptors (Lipinski definition) is 3. The van der Waals surface area contributed by atoms with E-state index in [0.29, 0.717) is 23.6 Å². The average molecular weight is 223 g/mol. The molecular formula is C11H13NO2S. The highest BCUT2D eigenvalue weighted by atomic mass is 32.1. The smallest absolute Gasteiger partial charge is 0.338 e. The summed E-state index contributed by atoms with van der Waals surface area (Å²) in [6, 6.07) is 7.17. The van der Waals surface area contributed by atoms with E-state index in [1.54, 1.807) is 19.1 Å². The Kier molecular flexibility index (Phi) is 4.24. The van der Waals surface area contributed by atoms with Gasteiger partial charge in [-0.25, -0.2) is 4.79 Å². The normalized spacial score (nSPS) is 9.67. The molecule has 0 aliphatic carbocycles. The number of ether oxygens (including phenoxy) is 1. The minimum Gasteiger partial charge on any atom is -0.462 e. The number of rotatable bonds is 4. The summed E-state index contributed by atoms with van der Waals surface area (Å²) < 4.78 is 4.93. The summed E-state index contributed by atoms with van der Waals surface area (Å²) in [7, 11) is 0. The van der Waals surface area contributed by atoms with E-state index in [0.717, 1.165) is 5.56 Å². The molecule has 1 rings (SSSR count). The second-order valence-corrected chi connectivity index (χ2v) is 3.55. The first-order chi connectivity index (χ1) is 7.15. The summed E-state index contributed by atoms with van der Waals surface area (Å²) in [4.78, 5) is 11.9. The van der Waals surface area contributed by atoms with Crippen LogP contribution in [0.15, 0.2) is 24.3 Å². The minimum atomic E-state index is -0.329. The van der Waals surface area contributed by atoms with Gasteiger partial charge in [-0.3, -0.25) is 0 Å². The molecule has 15 heavy (non-hydrogen) atoms. The molecule has 0 heterocycles. The van der Waals surface area contributed by atoms with Crippen molar-refractivity contribution in [3.8, 4) is 0 Å². The maximum absolute atomic E-state index is 11.5. The fourth-order valence-electron chi connectivity index (χ4n) is 1.27. The number of carbonyl (C=O) groups is 1. The summed E-state index contributed by atoms with van der Waals surface area (Å²) in [5, 5.41) is 0.